The number of aromatic amines is 1. The van der Waals surface area contributed by atoms with Gasteiger partial charge in [0.15, 0.2) is 0 Å². The van der Waals surface area contributed by atoms with Crippen molar-refractivity contribution >= 4 is 5.91 Å². The predicted octanol–water partition coefficient (Wildman–Crippen LogP) is 1.00. The van der Waals surface area contributed by atoms with Crippen LogP contribution in [0.4, 0.5) is 0 Å². The molecule has 0 fully saturated rings. The van der Waals surface area contributed by atoms with E-state index < -0.39 is 0 Å². The minimum absolute atomic E-state index is 0.0861. The highest BCUT2D eigenvalue weighted by atomic mass is 16.2. The first-order chi connectivity index (χ1) is 8.34. The maximum Gasteiger partial charge on any atom is 0.291 e. The molecule has 1 aliphatic rings. The van der Waals surface area contributed by atoms with E-state index in [0.29, 0.717) is 12.4 Å². The van der Waals surface area contributed by atoms with Gasteiger partial charge in [0.05, 0.1) is 0 Å². The van der Waals surface area contributed by atoms with Crippen molar-refractivity contribution in [3.05, 3.63) is 47.5 Å². The van der Waals surface area contributed by atoms with Crippen molar-refractivity contribution in [2.75, 3.05) is 6.54 Å². The Hall–Kier alpha value is -2.17. The molecule has 17 heavy (non-hydrogen) atoms. The molecule has 0 spiro atoms. The number of H-pyrrole nitrogens is 1. The van der Waals surface area contributed by atoms with Crippen LogP contribution in [0.25, 0.3) is 0 Å². The summed E-state index contributed by atoms with van der Waals surface area (Å²) in [5, 5.41) is 6.30. The molecule has 1 aliphatic heterocycles. The average molecular weight is 228 g/mol. The van der Waals surface area contributed by atoms with Crippen LogP contribution in [-0.4, -0.2) is 32.5 Å². The molecular formula is C12H12N4O. The molecule has 5 heteroatoms. The van der Waals surface area contributed by atoms with Crippen LogP contribution in [0.3, 0.4) is 0 Å². The Bertz CT molecular complexity index is 535. The van der Waals surface area contributed by atoms with Gasteiger partial charge in [-0.15, -0.1) is 0 Å². The van der Waals surface area contributed by atoms with Gasteiger partial charge in [-0.2, -0.15) is 5.10 Å². The zero-order valence-corrected chi connectivity index (χ0v) is 9.26. The van der Waals surface area contributed by atoms with Gasteiger partial charge >= 0.3 is 0 Å². The maximum atomic E-state index is 12.1. The van der Waals surface area contributed by atoms with E-state index in [9.17, 15) is 4.79 Å². The lowest BCUT2D eigenvalue weighted by Gasteiger charge is -2.27. The molecule has 0 bridgehead atoms. The third kappa shape index (κ3) is 1.80. The lowest BCUT2D eigenvalue weighted by molar-refractivity contribution is 0.0723. The van der Waals surface area contributed by atoms with E-state index in [1.54, 1.807) is 4.90 Å². The second kappa shape index (κ2) is 4.01. The first-order valence-corrected chi connectivity index (χ1v) is 5.56. The lowest BCUT2D eigenvalue weighted by Crippen LogP contribution is -2.36. The first kappa shape index (κ1) is 10.0. The average Bonchev–Trinajstić information content (AvgIpc) is 2.91. The first-order valence-electron chi connectivity index (χ1n) is 5.56. The standard InChI is InChI=1S/C12H12N4O/c17-12(11-13-8-14-15-11)16-6-5-9-3-1-2-4-10(9)7-16/h1-4,8H,5-7H2,(H,13,14,15). The van der Waals surface area contributed by atoms with Crippen LogP contribution in [-0.2, 0) is 13.0 Å². The van der Waals surface area contributed by atoms with Gasteiger partial charge in [0, 0.05) is 13.1 Å². The van der Waals surface area contributed by atoms with Crippen molar-refractivity contribution < 1.29 is 4.79 Å². The maximum absolute atomic E-state index is 12.1. The SMILES string of the molecule is O=C(c1ncn[nH]1)N1CCc2ccccc2C1. The zero-order chi connectivity index (χ0) is 11.7. The van der Waals surface area contributed by atoms with Crippen LogP contribution < -0.4 is 0 Å². The quantitative estimate of drug-likeness (QED) is 0.792. The van der Waals surface area contributed by atoms with Crippen LogP contribution >= 0.6 is 0 Å². The number of nitrogens with one attached hydrogen (secondary N) is 1. The van der Waals surface area contributed by atoms with Crippen LogP contribution in [0.15, 0.2) is 30.6 Å². The molecule has 1 aromatic carbocycles. The minimum atomic E-state index is -0.0861. The number of nitrogens with zero attached hydrogens (tertiary/aromatic N) is 3. The fraction of sp³-hybridized carbons (Fsp3) is 0.250. The highest BCUT2D eigenvalue weighted by molar-refractivity contribution is 5.90. The van der Waals surface area contributed by atoms with Gasteiger partial charge in [0.2, 0.25) is 5.82 Å². The summed E-state index contributed by atoms with van der Waals surface area (Å²) in [5.74, 6) is 0.224. The number of rotatable bonds is 1. The number of aromatic nitrogens is 3. The van der Waals surface area contributed by atoms with Crippen LogP contribution in [0.5, 0.6) is 0 Å². The highest BCUT2D eigenvalue weighted by Crippen LogP contribution is 2.19. The van der Waals surface area contributed by atoms with Gasteiger partial charge in [0.1, 0.15) is 6.33 Å². The second-order valence-electron chi connectivity index (χ2n) is 4.08. The molecule has 0 saturated heterocycles. The van der Waals surface area contributed by atoms with Crippen LogP contribution in [0.2, 0.25) is 0 Å². The Labute approximate surface area is 98.5 Å². The summed E-state index contributed by atoms with van der Waals surface area (Å²) < 4.78 is 0. The van der Waals surface area contributed by atoms with Gasteiger partial charge < -0.3 is 4.90 Å². The zero-order valence-electron chi connectivity index (χ0n) is 9.26. The summed E-state index contributed by atoms with van der Waals surface area (Å²) in [7, 11) is 0. The van der Waals surface area contributed by atoms with E-state index in [4.69, 9.17) is 0 Å². The molecule has 1 N–H and O–H groups in total. The van der Waals surface area contributed by atoms with E-state index in [-0.39, 0.29) is 5.91 Å². The minimum Gasteiger partial charge on any atom is -0.331 e. The topological polar surface area (TPSA) is 61.9 Å². The van der Waals surface area contributed by atoms with Gasteiger partial charge in [-0.1, -0.05) is 24.3 Å². The van der Waals surface area contributed by atoms with E-state index in [1.165, 1.54) is 17.5 Å². The molecule has 2 aromatic rings. The summed E-state index contributed by atoms with van der Waals surface area (Å²) >= 11 is 0. The number of carbonyl (C=O) groups excluding carboxylic acids is 1. The number of hydrogen-bond acceptors (Lipinski definition) is 3. The normalized spacial score (nSPS) is 14.5. The number of fused-ring (bicyclic) bond motifs is 1. The van der Waals surface area contributed by atoms with Crippen molar-refractivity contribution in [2.24, 2.45) is 0 Å². The number of benzene rings is 1. The van der Waals surface area contributed by atoms with Crippen molar-refractivity contribution in [1.29, 1.82) is 0 Å². The number of carbonyl (C=O) groups is 1. The molecule has 0 aliphatic carbocycles. The molecule has 0 saturated carbocycles. The monoisotopic (exact) mass is 228 g/mol. The van der Waals surface area contributed by atoms with Crippen LogP contribution in [0.1, 0.15) is 21.7 Å². The molecule has 2 heterocycles. The fourth-order valence-corrected chi connectivity index (χ4v) is 2.13. The lowest BCUT2D eigenvalue weighted by atomic mass is 10.00. The van der Waals surface area contributed by atoms with Crippen molar-refractivity contribution in [1.82, 2.24) is 20.1 Å². The van der Waals surface area contributed by atoms with E-state index in [0.717, 1.165) is 13.0 Å². The van der Waals surface area contributed by atoms with Gasteiger partial charge in [0.25, 0.3) is 5.91 Å². The largest absolute Gasteiger partial charge is 0.331 e. The Balaban J connectivity index is 1.83. The van der Waals surface area contributed by atoms with Gasteiger partial charge in [-0.25, -0.2) is 4.98 Å². The summed E-state index contributed by atoms with van der Waals surface area (Å²) in [6, 6.07) is 8.22. The smallest absolute Gasteiger partial charge is 0.291 e. The van der Waals surface area contributed by atoms with Gasteiger partial charge in [-0.3, -0.25) is 9.89 Å². The van der Waals surface area contributed by atoms with Crippen LogP contribution in [0, 0.1) is 0 Å². The van der Waals surface area contributed by atoms with E-state index >= 15 is 0 Å². The molecule has 5 nitrogen and oxygen atoms in total. The van der Waals surface area contributed by atoms with E-state index in [2.05, 4.69) is 27.3 Å². The fourth-order valence-electron chi connectivity index (χ4n) is 2.13. The molecule has 0 radical (unpaired) electrons. The van der Waals surface area contributed by atoms with Crippen molar-refractivity contribution in [2.45, 2.75) is 13.0 Å². The Morgan fingerprint density at radius 3 is 2.88 bits per heavy atom. The molecule has 1 amide bonds. The van der Waals surface area contributed by atoms with Crippen molar-refractivity contribution in [3.63, 3.8) is 0 Å². The van der Waals surface area contributed by atoms with Gasteiger partial charge in [-0.05, 0) is 17.5 Å². The number of amides is 1. The molecule has 1 aromatic heterocycles. The predicted molar refractivity (Wildman–Crippen MR) is 61.3 cm³/mol. The summed E-state index contributed by atoms with van der Waals surface area (Å²) in [6.07, 6.45) is 2.25. The molecule has 0 atom stereocenters. The molecule has 3 rings (SSSR count). The Kier molecular flexibility index (Phi) is 2.36. The third-order valence-electron chi connectivity index (χ3n) is 3.04. The second-order valence-corrected chi connectivity index (χ2v) is 4.08. The summed E-state index contributed by atoms with van der Waals surface area (Å²) in [5.41, 5.74) is 2.54. The summed E-state index contributed by atoms with van der Waals surface area (Å²) in [4.78, 5) is 17.7. The molecule has 86 valence electrons. The van der Waals surface area contributed by atoms with Crippen molar-refractivity contribution in [3.8, 4) is 0 Å². The number of hydrogen-bond donors (Lipinski definition) is 1. The molecular weight excluding hydrogens is 216 g/mol. The molecule has 0 unspecified atom stereocenters. The Morgan fingerprint density at radius 2 is 2.12 bits per heavy atom. The Morgan fingerprint density at radius 1 is 1.29 bits per heavy atom. The third-order valence-corrected chi connectivity index (χ3v) is 3.04. The highest BCUT2D eigenvalue weighted by Gasteiger charge is 2.22. The summed E-state index contributed by atoms with van der Waals surface area (Å²) in [6.45, 7) is 1.38. The van der Waals surface area contributed by atoms with E-state index in [1.807, 2.05) is 12.1 Å².